The van der Waals surface area contributed by atoms with Crippen LogP contribution in [0.1, 0.15) is 43.4 Å². The number of benzene rings is 3. The molecular formula is C28H29NO3. The summed E-state index contributed by atoms with van der Waals surface area (Å²) in [4.78, 5) is 25.1. The maximum Gasteiger partial charge on any atom is 0.326 e. The second-order valence-electron chi connectivity index (χ2n) is 8.16. The molecule has 0 fully saturated rings. The van der Waals surface area contributed by atoms with Gasteiger partial charge in [0.1, 0.15) is 6.04 Å². The van der Waals surface area contributed by atoms with Crippen LogP contribution >= 0.6 is 0 Å². The van der Waals surface area contributed by atoms with Gasteiger partial charge in [-0.25, -0.2) is 4.79 Å². The van der Waals surface area contributed by atoms with Gasteiger partial charge in [-0.1, -0.05) is 103 Å². The molecule has 4 heteroatoms. The van der Waals surface area contributed by atoms with Crippen LogP contribution in [0.5, 0.6) is 0 Å². The van der Waals surface area contributed by atoms with Crippen molar-refractivity contribution < 1.29 is 14.7 Å². The molecule has 32 heavy (non-hydrogen) atoms. The molecule has 164 valence electrons. The zero-order chi connectivity index (χ0) is 23.0. The second kappa shape index (κ2) is 10.6. The summed E-state index contributed by atoms with van der Waals surface area (Å²) >= 11 is 0. The van der Waals surface area contributed by atoms with Gasteiger partial charge in [-0.2, -0.15) is 0 Å². The average molecular weight is 428 g/mol. The summed E-state index contributed by atoms with van der Waals surface area (Å²) in [5.74, 6) is -1.35. The molecule has 3 aromatic carbocycles. The topological polar surface area (TPSA) is 66.4 Å². The Kier molecular flexibility index (Phi) is 7.61. The molecule has 4 nitrogen and oxygen atoms in total. The highest BCUT2D eigenvalue weighted by Crippen LogP contribution is 2.42. The van der Waals surface area contributed by atoms with Crippen molar-refractivity contribution in [1.29, 1.82) is 0 Å². The minimum absolute atomic E-state index is 0.0869. The maximum atomic E-state index is 13.3. The number of carbonyl (C=O) groups excluding carboxylic acids is 1. The number of hydrogen-bond acceptors (Lipinski definition) is 2. The third-order valence-corrected chi connectivity index (χ3v) is 5.62. The van der Waals surface area contributed by atoms with Crippen LogP contribution in [0.4, 0.5) is 0 Å². The highest BCUT2D eigenvalue weighted by Gasteiger charge is 2.39. The van der Waals surface area contributed by atoms with E-state index in [4.69, 9.17) is 0 Å². The Morgan fingerprint density at radius 2 is 1.22 bits per heavy atom. The Balaban J connectivity index is 2.08. The third-order valence-electron chi connectivity index (χ3n) is 5.62. The lowest BCUT2D eigenvalue weighted by atomic mass is 9.67. The van der Waals surface area contributed by atoms with E-state index in [0.717, 1.165) is 22.3 Å². The number of carboxylic acids is 1. The number of amides is 1. The van der Waals surface area contributed by atoms with Crippen LogP contribution < -0.4 is 5.32 Å². The van der Waals surface area contributed by atoms with Crippen molar-refractivity contribution >= 4 is 11.9 Å². The molecule has 0 spiro atoms. The van der Waals surface area contributed by atoms with Gasteiger partial charge in [-0.3, -0.25) is 4.79 Å². The Morgan fingerprint density at radius 1 is 0.812 bits per heavy atom. The fraction of sp³-hybridized carbons (Fsp3) is 0.214. The van der Waals surface area contributed by atoms with Gasteiger partial charge in [0.05, 0.1) is 5.41 Å². The molecule has 0 heterocycles. The molecule has 0 aliphatic rings. The van der Waals surface area contributed by atoms with Gasteiger partial charge in [-0.15, -0.1) is 0 Å². The molecule has 0 aromatic heterocycles. The minimum Gasteiger partial charge on any atom is -0.480 e. The Morgan fingerprint density at radius 3 is 1.56 bits per heavy atom. The molecule has 0 radical (unpaired) electrons. The minimum atomic E-state index is -1.04. The van der Waals surface area contributed by atoms with Crippen LogP contribution in [-0.4, -0.2) is 23.0 Å². The van der Waals surface area contributed by atoms with E-state index in [2.05, 4.69) is 5.32 Å². The zero-order valence-electron chi connectivity index (χ0n) is 18.5. The van der Waals surface area contributed by atoms with Crippen LogP contribution in [-0.2, 0) is 15.0 Å². The number of nitrogens with one attached hydrogen (secondary N) is 1. The third kappa shape index (κ3) is 5.33. The molecule has 3 aromatic rings. The van der Waals surface area contributed by atoms with Crippen molar-refractivity contribution in [2.75, 3.05) is 0 Å². The van der Waals surface area contributed by atoms with Crippen molar-refractivity contribution in [2.45, 2.75) is 38.1 Å². The first kappa shape index (κ1) is 23.0. The number of aliphatic carboxylic acids is 1. The molecule has 0 aliphatic heterocycles. The molecule has 3 rings (SSSR count). The van der Waals surface area contributed by atoms with Crippen LogP contribution in [0.25, 0.3) is 0 Å². The molecule has 0 bridgehead atoms. The number of rotatable bonds is 9. The summed E-state index contributed by atoms with van der Waals surface area (Å²) in [5.41, 5.74) is 3.18. The number of carbonyl (C=O) groups is 2. The highest BCUT2D eigenvalue weighted by atomic mass is 16.4. The molecule has 0 saturated heterocycles. The summed E-state index contributed by atoms with van der Waals surface area (Å²) in [7, 11) is 0. The zero-order valence-corrected chi connectivity index (χ0v) is 18.5. The molecule has 0 saturated carbocycles. The van der Waals surface area contributed by atoms with Crippen molar-refractivity contribution in [3.63, 3.8) is 0 Å². The second-order valence-corrected chi connectivity index (χ2v) is 8.16. The van der Waals surface area contributed by atoms with Crippen LogP contribution in [0, 0.1) is 0 Å². The molecule has 0 aliphatic carbocycles. The molecule has 1 amide bonds. The van der Waals surface area contributed by atoms with Gasteiger partial charge in [0.2, 0.25) is 5.91 Å². The van der Waals surface area contributed by atoms with Gasteiger partial charge in [0.15, 0.2) is 0 Å². The number of carboxylic acid groups (broad SMARTS) is 1. The van der Waals surface area contributed by atoms with Crippen LogP contribution in [0.15, 0.2) is 103 Å². The van der Waals surface area contributed by atoms with Gasteiger partial charge in [0, 0.05) is 6.42 Å². The Hall–Kier alpha value is -3.66. The smallest absolute Gasteiger partial charge is 0.326 e. The fourth-order valence-corrected chi connectivity index (χ4v) is 4.04. The number of hydrogen-bond donors (Lipinski definition) is 2. The van der Waals surface area contributed by atoms with E-state index < -0.39 is 17.4 Å². The quantitative estimate of drug-likeness (QED) is 0.358. The van der Waals surface area contributed by atoms with Gasteiger partial charge in [0.25, 0.3) is 0 Å². The first-order chi connectivity index (χ1) is 15.4. The maximum absolute atomic E-state index is 13.3. The normalized spacial score (nSPS) is 11.9. The summed E-state index contributed by atoms with van der Waals surface area (Å²) in [6.45, 7) is 3.82. The molecule has 0 unspecified atom stereocenters. The van der Waals surface area contributed by atoms with Gasteiger partial charge in [-0.05, 0) is 37.0 Å². The van der Waals surface area contributed by atoms with Crippen LogP contribution in [0.2, 0.25) is 0 Å². The summed E-state index contributed by atoms with van der Waals surface area (Å²) in [6, 6.07) is 28.8. The molecule has 1 atom stereocenters. The SMILES string of the molecule is CC(C)=CC[C@@H](NC(=O)CC(c1ccccc1)(c1ccccc1)c1ccccc1)C(=O)O. The highest BCUT2D eigenvalue weighted by molar-refractivity contribution is 5.85. The predicted octanol–water partition coefficient (Wildman–Crippen LogP) is 5.34. The van der Waals surface area contributed by atoms with E-state index in [1.807, 2.05) is 111 Å². The lowest BCUT2D eigenvalue weighted by molar-refractivity contribution is -0.141. The van der Waals surface area contributed by atoms with Crippen LogP contribution in [0.3, 0.4) is 0 Å². The summed E-state index contributed by atoms with van der Waals surface area (Å²) in [6.07, 6.45) is 2.17. The lowest BCUT2D eigenvalue weighted by Gasteiger charge is -2.36. The van der Waals surface area contributed by atoms with E-state index in [-0.39, 0.29) is 18.7 Å². The van der Waals surface area contributed by atoms with Gasteiger partial charge < -0.3 is 10.4 Å². The Labute approximate surface area is 189 Å². The monoisotopic (exact) mass is 427 g/mol. The Bertz CT molecular complexity index is 959. The fourth-order valence-electron chi connectivity index (χ4n) is 4.04. The lowest BCUT2D eigenvalue weighted by Crippen LogP contribution is -2.44. The van der Waals surface area contributed by atoms with Gasteiger partial charge >= 0.3 is 5.97 Å². The average Bonchev–Trinajstić information content (AvgIpc) is 2.81. The largest absolute Gasteiger partial charge is 0.480 e. The van der Waals surface area contributed by atoms with E-state index >= 15 is 0 Å². The van der Waals surface area contributed by atoms with Crippen molar-refractivity contribution in [3.05, 3.63) is 119 Å². The summed E-state index contributed by atoms with van der Waals surface area (Å²) < 4.78 is 0. The first-order valence-electron chi connectivity index (χ1n) is 10.8. The van der Waals surface area contributed by atoms with E-state index in [1.54, 1.807) is 0 Å². The standard InChI is InChI=1S/C28H29NO3/c1-21(2)18-19-25(27(31)32)29-26(30)20-28(22-12-6-3-7-13-22,23-14-8-4-9-15-23)24-16-10-5-11-17-24/h3-18,25H,19-20H2,1-2H3,(H,29,30)(H,31,32)/t25-/m1/s1. The van der Waals surface area contributed by atoms with Crippen molar-refractivity contribution in [3.8, 4) is 0 Å². The van der Waals surface area contributed by atoms with E-state index in [1.165, 1.54) is 0 Å². The van der Waals surface area contributed by atoms with Crippen molar-refractivity contribution in [1.82, 2.24) is 5.32 Å². The predicted molar refractivity (Wildman–Crippen MR) is 127 cm³/mol. The first-order valence-corrected chi connectivity index (χ1v) is 10.8. The van der Waals surface area contributed by atoms with E-state index in [9.17, 15) is 14.7 Å². The summed E-state index contributed by atoms with van der Waals surface area (Å²) in [5, 5.41) is 12.4. The number of allylic oxidation sites excluding steroid dienone is 1. The molecular weight excluding hydrogens is 398 g/mol. The van der Waals surface area contributed by atoms with E-state index in [0.29, 0.717) is 0 Å². The molecule has 2 N–H and O–H groups in total. The van der Waals surface area contributed by atoms with Crippen molar-refractivity contribution in [2.24, 2.45) is 0 Å².